The van der Waals surface area contributed by atoms with Crippen LogP contribution in [0.2, 0.25) is 0 Å². The summed E-state index contributed by atoms with van der Waals surface area (Å²) in [5.74, 6) is 0.191. The Labute approximate surface area is 475 Å². The van der Waals surface area contributed by atoms with Crippen molar-refractivity contribution in [1.29, 1.82) is 0 Å². The molecule has 0 radical (unpaired) electrons. The number of carbonyl (C=O) groups is 2. The summed E-state index contributed by atoms with van der Waals surface area (Å²) < 4.78 is 68.2. The normalized spacial score (nSPS) is 15.2. The number of imidazole rings is 2. The number of aryl methyl sites for hydroxylation is 2. The highest BCUT2D eigenvalue weighted by Crippen LogP contribution is 2.34. The van der Waals surface area contributed by atoms with Crippen LogP contribution in [0.5, 0.6) is 0 Å². The second-order valence-corrected chi connectivity index (χ2v) is 23.7. The first-order chi connectivity index (χ1) is 38.7. The smallest absolute Gasteiger partial charge is 0.410 e. The number of aromatic nitrogens is 10. The first-order valence-corrected chi connectivity index (χ1v) is 27.4. The fourth-order valence-electron chi connectivity index (χ4n) is 10.3. The number of ether oxygens (including phenoxy) is 1. The van der Waals surface area contributed by atoms with Gasteiger partial charge in [0.25, 0.3) is 0 Å². The highest BCUT2D eigenvalue weighted by molar-refractivity contribution is 5.84. The zero-order valence-corrected chi connectivity index (χ0v) is 48.9. The van der Waals surface area contributed by atoms with Gasteiger partial charge in [0.05, 0.1) is 29.0 Å². The number of fused-ring (bicyclic) bond motifs is 2. The molecule has 0 atom stereocenters. The summed E-state index contributed by atoms with van der Waals surface area (Å²) >= 11 is 0. The molecule has 434 valence electrons. The van der Waals surface area contributed by atoms with Crippen LogP contribution in [0.15, 0.2) is 73.3 Å². The number of benzene rings is 2. The maximum absolute atomic E-state index is 14.9. The molecule has 10 rings (SSSR count). The molecule has 3 N–H and O–H groups in total. The van der Waals surface area contributed by atoms with Crippen LogP contribution in [0.1, 0.15) is 129 Å². The van der Waals surface area contributed by atoms with Gasteiger partial charge < -0.3 is 34.7 Å². The highest BCUT2D eigenvalue weighted by atomic mass is 19.1. The molecular weight excluding hydrogens is 1050 g/mol. The Morgan fingerprint density at radius 3 is 1.67 bits per heavy atom. The Kier molecular flexibility index (Phi) is 18.1. The SMILES string of the molecule is CC(C)(C)OC(=O)N1CCNCC1(C)C.Cc1nc2c(F)cc(-c3nc(Nc4ccc(C=O)cn4)ncc3F)cc2n1C(C)C.Cc1nc2c(F)cc(-c3nc(Nc4ccc(CN5CCCC(C)(C)C5)cn4)ncc3F)cc2n1C(C)C. The van der Waals surface area contributed by atoms with Crippen molar-refractivity contribution in [3.63, 3.8) is 0 Å². The molecule has 22 heteroatoms. The number of carbonyl (C=O) groups excluding carboxylic acids is 2. The van der Waals surface area contributed by atoms with Gasteiger partial charge in [0.1, 0.15) is 51.3 Å². The lowest BCUT2D eigenvalue weighted by Gasteiger charge is -2.42. The van der Waals surface area contributed by atoms with E-state index in [0.717, 1.165) is 50.7 Å². The number of halogens is 4. The van der Waals surface area contributed by atoms with E-state index in [9.17, 15) is 27.2 Å². The Balaban J connectivity index is 0.000000175. The second kappa shape index (κ2) is 24.6. The summed E-state index contributed by atoms with van der Waals surface area (Å²) in [6, 6.07) is 13.0. The average molecular weight is 1130 g/mol. The van der Waals surface area contributed by atoms with Crippen molar-refractivity contribution in [2.24, 2.45) is 5.41 Å². The van der Waals surface area contributed by atoms with Gasteiger partial charge in [0.2, 0.25) is 11.9 Å². The molecule has 1 amide bonds. The third-order valence-electron chi connectivity index (χ3n) is 13.9. The van der Waals surface area contributed by atoms with Crippen molar-refractivity contribution in [3.05, 3.63) is 119 Å². The van der Waals surface area contributed by atoms with Crippen molar-refractivity contribution in [1.82, 2.24) is 64.1 Å². The van der Waals surface area contributed by atoms with Gasteiger partial charge in [-0.15, -0.1) is 0 Å². The Hall–Kier alpha value is -7.98. The molecule has 6 aromatic heterocycles. The van der Waals surface area contributed by atoms with Crippen molar-refractivity contribution < 1.29 is 31.9 Å². The molecule has 2 saturated heterocycles. The first-order valence-electron chi connectivity index (χ1n) is 27.4. The lowest BCUT2D eigenvalue weighted by atomic mass is 9.84. The summed E-state index contributed by atoms with van der Waals surface area (Å²) in [4.78, 5) is 60.7. The number of piperidine rings is 1. The van der Waals surface area contributed by atoms with Gasteiger partial charge in [-0.05, 0) is 149 Å². The zero-order chi connectivity index (χ0) is 59.4. The number of anilines is 4. The maximum Gasteiger partial charge on any atom is 0.410 e. The van der Waals surface area contributed by atoms with Gasteiger partial charge in [0.15, 0.2) is 29.6 Å². The van der Waals surface area contributed by atoms with E-state index in [0.29, 0.717) is 63.7 Å². The van der Waals surface area contributed by atoms with Gasteiger partial charge in [-0.2, -0.15) is 0 Å². The van der Waals surface area contributed by atoms with Gasteiger partial charge in [-0.1, -0.05) is 19.9 Å². The average Bonchev–Trinajstić information content (AvgIpc) is 3.66. The molecule has 82 heavy (non-hydrogen) atoms. The zero-order valence-electron chi connectivity index (χ0n) is 48.9. The monoisotopic (exact) mass is 1130 g/mol. The minimum absolute atomic E-state index is 0.0109. The molecule has 0 aliphatic carbocycles. The molecule has 2 aromatic carbocycles. The fourth-order valence-corrected chi connectivity index (χ4v) is 10.3. The largest absolute Gasteiger partial charge is 0.444 e. The quantitative estimate of drug-likeness (QED) is 0.0816. The lowest BCUT2D eigenvalue weighted by molar-refractivity contribution is -0.00270. The molecule has 0 unspecified atom stereocenters. The van der Waals surface area contributed by atoms with Crippen LogP contribution in [-0.2, 0) is 11.3 Å². The Morgan fingerprint density at radius 1 is 0.707 bits per heavy atom. The van der Waals surface area contributed by atoms with Crippen LogP contribution < -0.4 is 16.0 Å². The number of aldehydes is 1. The van der Waals surface area contributed by atoms with Gasteiger partial charge in [0, 0.05) is 73.9 Å². The topological polar surface area (TPSA) is 199 Å². The first kappa shape index (κ1) is 60.1. The van der Waals surface area contributed by atoms with Crippen LogP contribution in [-0.4, -0.2) is 115 Å². The molecule has 2 aliphatic heterocycles. The van der Waals surface area contributed by atoms with E-state index in [-0.39, 0.29) is 63.6 Å². The summed E-state index contributed by atoms with van der Waals surface area (Å²) in [5.41, 5.74) is 3.52. The van der Waals surface area contributed by atoms with Crippen molar-refractivity contribution in [2.75, 3.05) is 43.4 Å². The molecule has 2 fully saturated rings. The Morgan fingerprint density at radius 2 is 1.23 bits per heavy atom. The minimum atomic E-state index is -0.684. The molecule has 8 aromatic rings. The van der Waals surface area contributed by atoms with E-state index in [1.807, 2.05) is 96.7 Å². The molecule has 2 aliphatic rings. The Bertz CT molecular complexity index is 3580. The van der Waals surface area contributed by atoms with Crippen LogP contribution in [0.4, 0.5) is 45.9 Å². The van der Waals surface area contributed by atoms with Gasteiger partial charge >= 0.3 is 6.09 Å². The molecule has 18 nitrogen and oxygen atoms in total. The van der Waals surface area contributed by atoms with Crippen molar-refractivity contribution >= 4 is 58.0 Å². The molecule has 8 heterocycles. The van der Waals surface area contributed by atoms with Gasteiger partial charge in [-0.3, -0.25) is 9.69 Å². The van der Waals surface area contributed by atoms with Gasteiger partial charge in [-0.25, -0.2) is 62.2 Å². The van der Waals surface area contributed by atoms with E-state index in [4.69, 9.17) is 4.74 Å². The maximum atomic E-state index is 14.9. The van der Waals surface area contributed by atoms with Crippen LogP contribution in [0, 0.1) is 42.5 Å². The highest BCUT2D eigenvalue weighted by Gasteiger charge is 2.36. The molecule has 0 saturated carbocycles. The van der Waals surface area contributed by atoms with Crippen molar-refractivity contribution in [2.45, 2.75) is 133 Å². The van der Waals surface area contributed by atoms with Crippen LogP contribution >= 0.6 is 0 Å². The number of rotatable bonds is 11. The summed E-state index contributed by atoms with van der Waals surface area (Å²) in [7, 11) is 0. The number of likely N-dealkylation sites (tertiary alicyclic amines) is 1. The molecule has 0 bridgehead atoms. The predicted molar refractivity (Wildman–Crippen MR) is 310 cm³/mol. The minimum Gasteiger partial charge on any atom is -0.444 e. The number of nitrogens with one attached hydrogen (secondary N) is 3. The number of amides is 1. The fraction of sp³-hybridized carbons (Fsp3) is 0.433. The van der Waals surface area contributed by atoms with E-state index >= 15 is 0 Å². The van der Waals surface area contributed by atoms with E-state index in [1.54, 1.807) is 36.1 Å². The van der Waals surface area contributed by atoms with E-state index < -0.39 is 28.9 Å². The van der Waals surface area contributed by atoms with E-state index in [1.165, 1.54) is 31.2 Å². The third kappa shape index (κ3) is 14.4. The standard InChI is InChI=1S/C28H33F2N7.C21H18F2N6O.C11H22N2O2/c1-17(2)37-18(3)33-26-21(29)11-20(12-23(26)37)25-22(30)14-32-27(35-25)34-24-8-7-19(13-31-24)15-36-10-6-9-28(4,5)16-36;1-11(2)29-12(3)26-20-15(22)6-14(7-17(20)29)19-16(23)9-25-21(28-19)27-18-5-4-13(10-30)8-24-18;1-10(2,3)15-9(14)13-7-6-12-8-11(13,4)5/h7-8,11-14,17H,6,9-10,15-16H2,1-5H3,(H,31,32,34,35);4-11H,1-3H3,(H,24,25,27,28);12H,6-8H2,1-5H3. The van der Waals surface area contributed by atoms with Crippen LogP contribution in [0.3, 0.4) is 0 Å². The number of piperazine rings is 1. The van der Waals surface area contributed by atoms with Crippen LogP contribution in [0.25, 0.3) is 44.6 Å². The number of nitrogens with zero attached hydrogens (tertiary/aromatic N) is 12. The third-order valence-corrected chi connectivity index (χ3v) is 13.9. The molecule has 0 spiro atoms. The molecular formula is C60H73F4N15O3. The lowest BCUT2D eigenvalue weighted by Crippen LogP contribution is -2.60. The number of hydrogen-bond acceptors (Lipinski definition) is 15. The summed E-state index contributed by atoms with van der Waals surface area (Å²) in [6.45, 7) is 31.3. The summed E-state index contributed by atoms with van der Waals surface area (Å²) in [6.07, 6.45) is 8.26. The van der Waals surface area contributed by atoms with E-state index in [2.05, 4.69) is 74.6 Å². The number of pyridine rings is 2. The predicted octanol–water partition coefficient (Wildman–Crippen LogP) is 12.6. The van der Waals surface area contributed by atoms with Crippen molar-refractivity contribution in [3.8, 4) is 22.5 Å². The second-order valence-electron chi connectivity index (χ2n) is 23.7. The number of hydrogen-bond donors (Lipinski definition) is 3. The summed E-state index contributed by atoms with van der Waals surface area (Å²) in [5, 5.41) is 9.17.